The first-order valence-electron chi connectivity index (χ1n) is 7.80. The first-order valence-corrected chi connectivity index (χ1v) is 7.80. The monoisotopic (exact) mass is 294 g/mol. The van der Waals surface area contributed by atoms with Crippen LogP contribution in [-0.2, 0) is 13.1 Å². The minimum absolute atomic E-state index is 0.472. The summed E-state index contributed by atoms with van der Waals surface area (Å²) < 4.78 is 2.26. The largest absolute Gasteiger partial charge is 0.387 e. The van der Waals surface area contributed by atoms with Crippen molar-refractivity contribution in [3.8, 4) is 0 Å². The Labute approximate surface area is 131 Å². The van der Waals surface area contributed by atoms with Gasteiger partial charge in [0.25, 0.3) is 0 Å². The van der Waals surface area contributed by atoms with Gasteiger partial charge in [-0.25, -0.2) is 0 Å². The lowest BCUT2D eigenvalue weighted by molar-refractivity contribution is 0.174. The number of rotatable bonds is 6. The van der Waals surface area contributed by atoms with E-state index in [-0.39, 0.29) is 0 Å². The maximum absolute atomic E-state index is 10.2. The standard InChI is InChI=1S/C19H22N2O/c1-2-21-14-16(17-10-6-7-11-18(17)21)12-20-13-19(22)15-8-4-3-5-9-15/h3-11,14,19-20,22H,2,12-13H2,1H3/t19-/m0/s1. The summed E-state index contributed by atoms with van der Waals surface area (Å²) in [6.07, 6.45) is 1.73. The van der Waals surface area contributed by atoms with Gasteiger partial charge in [0, 0.05) is 36.7 Å². The van der Waals surface area contributed by atoms with Crippen LogP contribution in [-0.4, -0.2) is 16.2 Å². The zero-order valence-electron chi connectivity index (χ0n) is 12.9. The van der Waals surface area contributed by atoms with Gasteiger partial charge in [-0.05, 0) is 24.1 Å². The van der Waals surface area contributed by atoms with Crippen LogP contribution in [0.5, 0.6) is 0 Å². The Morgan fingerprint density at radius 2 is 1.77 bits per heavy atom. The highest BCUT2D eigenvalue weighted by Gasteiger charge is 2.09. The molecule has 0 unspecified atom stereocenters. The van der Waals surface area contributed by atoms with E-state index in [1.807, 2.05) is 30.3 Å². The van der Waals surface area contributed by atoms with Gasteiger partial charge < -0.3 is 15.0 Å². The SMILES string of the molecule is CCn1cc(CNC[C@H](O)c2ccccc2)c2ccccc21. The Morgan fingerprint density at radius 3 is 2.55 bits per heavy atom. The fraction of sp³-hybridized carbons (Fsp3) is 0.263. The van der Waals surface area contributed by atoms with Gasteiger partial charge in [-0.3, -0.25) is 0 Å². The quantitative estimate of drug-likeness (QED) is 0.730. The number of fused-ring (bicyclic) bond motifs is 1. The molecule has 0 aliphatic rings. The predicted molar refractivity (Wildman–Crippen MR) is 90.7 cm³/mol. The molecule has 0 aliphatic heterocycles. The molecule has 2 N–H and O–H groups in total. The van der Waals surface area contributed by atoms with Crippen molar-refractivity contribution in [2.24, 2.45) is 0 Å². The molecular formula is C19H22N2O. The predicted octanol–water partition coefficient (Wildman–Crippen LogP) is 3.48. The number of nitrogens with zero attached hydrogens (tertiary/aromatic N) is 1. The van der Waals surface area contributed by atoms with Crippen molar-refractivity contribution < 1.29 is 5.11 Å². The van der Waals surface area contributed by atoms with E-state index in [1.54, 1.807) is 0 Å². The lowest BCUT2D eigenvalue weighted by Crippen LogP contribution is -2.20. The Kier molecular flexibility index (Phi) is 4.56. The molecular weight excluding hydrogens is 272 g/mol. The molecule has 0 radical (unpaired) electrons. The Hall–Kier alpha value is -2.10. The van der Waals surface area contributed by atoms with E-state index in [4.69, 9.17) is 0 Å². The van der Waals surface area contributed by atoms with Crippen molar-refractivity contribution in [3.05, 3.63) is 71.9 Å². The maximum Gasteiger partial charge on any atom is 0.0914 e. The van der Waals surface area contributed by atoms with Crippen LogP contribution < -0.4 is 5.32 Å². The van der Waals surface area contributed by atoms with Crippen molar-refractivity contribution in [1.29, 1.82) is 0 Å². The summed E-state index contributed by atoms with van der Waals surface area (Å²) in [6.45, 7) is 4.43. The molecule has 3 nitrogen and oxygen atoms in total. The van der Waals surface area contributed by atoms with Crippen molar-refractivity contribution >= 4 is 10.9 Å². The summed E-state index contributed by atoms with van der Waals surface area (Å²) in [4.78, 5) is 0. The van der Waals surface area contributed by atoms with E-state index >= 15 is 0 Å². The molecule has 2 aromatic carbocycles. The summed E-state index contributed by atoms with van der Waals surface area (Å²) in [7, 11) is 0. The third kappa shape index (κ3) is 3.06. The molecule has 0 bridgehead atoms. The summed E-state index contributed by atoms with van der Waals surface area (Å²) in [6, 6.07) is 18.2. The zero-order chi connectivity index (χ0) is 15.4. The van der Waals surface area contributed by atoms with E-state index in [0.29, 0.717) is 6.54 Å². The van der Waals surface area contributed by atoms with E-state index < -0.39 is 6.10 Å². The minimum atomic E-state index is -0.472. The number of hydrogen-bond acceptors (Lipinski definition) is 2. The average molecular weight is 294 g/mol. The lowest BCUT2D eigenvalue weighted by atomic mass is 10.1. The summed E-state index contributed by atoms with van der Waals surface area (Å²) in [5.41, 5.74) is 3.49. The number of aliphatic hydroxyl groups excluding tert-OH is 1. The van der Waals surface area contributed by atoms with Crippen LogP contribution in [0, 0.1) is 0 Å². The van der Waals surface area contributed by atoms with Crippen LogP contribution in [0.2, 0.25) is 0 Å². The fourth-order valence-electron chi connectivity index (χ4n) is 2.86. The zero-order valence-corrected chi connectivity index (χ0v) is 12.9. The molecule has 0 amide bonds. The van der Waals surface area contributed by atoms with Crippen LogP contribution in [0.15, 0.2) is 60.8 Å². The van der Waals surface area contributed by atoms with Gasteiger partial charge >= 0.3 is 0 Å². The molecule has 1 atom stereocenters. The lowest BCUT2D eigenvalue weighted by Gasteiger charge is -2.11. The average Bonchev–Trinajstić information content (AvgIpc) is 2.94. The van der Waals surface area contributed by atoms with Crippen LogP contribution in [0.25, 0.3) is 10.9 Å². The van der Waals surface area contributed by atoms with Crippen LogP contribution in [0.1, 0.15) is 24.2 Å². The van der Waals surface area contributed by atoms with E-state index in [2.05, 4.69) is 47.3 Å². The number of aryl methyl sites for hydroxylation is 1. The first-order chi connectivity index (χ1) is 10.8. The number of aliphatic hydroxyl groups is 1. The molecule has 0 fully saturated rings. The van der Waals surface area contributed by atoms with E-state index in [9.17, 15) is 5.11 Å². The van der Waals surface area contributed by atoms with Crippen LogP contribution in [0.4, 0.5) is 0 Å². The number of para-hydroxylation sites is 1. The van der Waals surface area contributed by atoms with Crippen molar-refractivity contribution in [3.63, 3.8) is 0 Å². The van der Waals surface area contributed by atoms with Gasteiger partial charge in [-0.2, -0.15) is 0 Å². The highest BCUT2D eigenvalue weighted by Crippen LogP contribution is 2.21. The molecule has 1 heterocycles. The molecule has 3 rings (SSSR count). The molecule has 0 saturated carbocycles. The third-order valence-electron chi connectivity index (χ3n) is 4.05. The summed E-state index contributed by atoms with van der Waals surface area (Å²) in [5.74, 6) is 0. The molecule has 1 aromatic heterocycles. The fourth-order valence-corrected chi connectivity index (χ4v) is 2.86. The highest BCUT2D eigenvalue weighted by molar-refractivity contribution is 5.83. The van der Waals surface area contributed by atoms with Gasteiger partial charge in [0.1, 0.15) is 0 Å². The molecule has 3 heteroatoms. The van der Waals surface area contributed by atoms with Gasteiger partial charge in [-0.1, -0.05) is 48.5 Å². The van der Waals surface area contributed by atoms with Crippen molar-refractivity contribution in [2.75, 3.05) is 6.54 Å². The maximum atomic E-state index is 10.2. The van der Waals surface area contributed by atoms with Gasteiger partial charge in [-0.15, -0.1) is 0 Å². The van der Waals surface area contributed by atoms with Crippen LogP contribution in [0.3, 0.4) is 0 Å². The molecule has 0 aliphatic carbocycles. The topological polar surface area (TPSA) is 37.2 Å². The third-order valence-corrected chi connectivity index (χ3v) is 4.05. The molecule has 0 saturated heterocycles. The first kappa shape index (κ1) is 14.8. The molecule has 114 valence electrons. The Bertz CT molecular complexity index is 734. The molecule has 3 aromatic rings. The van der Waals surface area contributed by atoms with E-state index in [0.717, 1.165) is 18.7 Å². The van der Waals surface area contributed by atoms with E-state index in [1.165, 1.54) is 16.5 Å². The van der Waals surface area contributed by atoms with Crippen molar-refractivity contribution in [2.45, 2.75) is 26.1 Å². The molecule has 0 spiro atoms. The van der Waals surface area contributed by atoms with Gasteiger partial charge in [0.05, 0.1) is 6.10 Å². The Morgan fingerprint density at radius 1 is 1.05 bits per heavy atom. The highest BCUT2D eigenvalue weighted by atomic mass is 16.3. The second-order valence-corrected chi connectivity index (χ2v) is 5.51. The number of nitrogens with one attached hydrogen (secondary N) is 1. The second-order valence-electron chi connectivity index (χ2n) is 5.51. The number of hydrogen-bond donors (Lipinski definition) is 2. The summed E-state index contributed by atoms with van der Waals surface area (Å²) in [5, 5.41) is 14.8. The molecule has 22 heavy (non-hydrogen) atoms. The normalized spacial score (nSPS) is 12.6. The number of benzene rings is 2. The smallest absolute Gasteiger partial charge is 0.0914 e. The van der Waals surface area contributed by atoms with Gasteiger partial charge in [0.15, 0.2) is 0 Å². The minimum Gasteiger partial charge on any atom is -0.387 e. The Balaban J connectivity index is 1.67. The van der Waals surface area contributed by atoms with Crippen LogP contribution >= 0.6 is 0 Å². The second kappa shape index (κ2) is 6.77. The van der Waals surface area contributed by atoms with Gasteiger partial charge in [0.2, 0.25) is 0 Å². The number of aromatic nitrogens is 1. The summed E-state index contributed by atoms with van der Waals surface area (Å²) >= 11 is 0. The van der Waals surface area contributed by atoms with Crippen molar-refractivity contribution in [1.82, 2.24) is 9.88 Å².